The first-order valence-corrected chi connectivity index (χ1v) is 15.8. The predicted octanol–water partition coefficient (Wildman–Crippen LogP) is 6.40. The molecule has 0 radical (unpaired) electrons. The van der Waals surface area contributed by atoms with Gasteiger partial charge in [-0.3, -0.25) is 9.78 Å². The Labute approximate surface area is 268 Å². The van der Waals surface area contributed by atoms with Crippen LogP contribution in [-0.4, -0.2) is 40.3 Å². The van der Waals surface area contributed by atoms with Crippen molar-refractivity contribution in [2.24, 2.45) is 28.6 Å². The van der Waals surface area contributed by atoms with E-state index in [-0.39, 0.29) is 41.5 Å². The number of hydrogen-bond donors (Lipinski definition) is 1. The van der Waals surface area contributed by atoms with Gasteiger partial charge in [0.25, 0.3) is 0 Å². The highest BCUT2D eigenvalue weighted by Crippen LogP contribution is 2.68. The van der Waals surface area contributed by atoms with Crippen molar-refractivity contribution in [1.29, 1.82) is 0 Å². The molecule has 2 unspecified atom stereocenters. The third kappa shape index (κ3) is 5.05. The van der Waals surface area contributed by atoms with E-state index in [2.05, 4.69) is 32.3 Å². The van der Waals surface area contributed by atoms with Crippen molar-refractivity contribution < 1.29 is 33.3 Å². The zero-order chi connectivity index (χ0) is 33.0. The highest BCUT2D eigenvalue weighted by molar-refractivity contribution is 5.90. The number of rotatable bonds is 6. The zero-order valence-electron chi connectivity index (χ0n) is 26.9. The summed E-state index contributed by atoms with van der Waals surface area (Å²) in [5, 5.41) is 12.3. The number of aliphatic hydroxyl groups excluding tert-OH is 1. The van der Waals surface area contributed by atoms with Gasteiger partial charge in [0, 0.05) is 42.3 Å². The Morgan fingerprint density at radius 1 is 1.17 bits per heavy atom. The smallest absolute Gasteiger partial charge is 0.345 e. The van der Waals surface area contributed by atoms with E-state index < -0.39 is 46.2 Å². The predicted molar refractivity (Wildman–Crippen MR) is 171 cm³/mol. The molecule has 6 rings (SSSR count). The van der Waals surface area contributed by atoms with E-state index in [9.17, 15) is 19.5 Å². The summed E-state index contributed by atoms with van der Waals surface area (Å²) in [4.78, 5) is 43.5. The first-order chi connectivity index (χ1) is 21.8. The van der Waals surface area contributed by atoms with Gasteiger partial charge in [-0.25, -0.2) is 9.59 Å². The van der Waals surface area contributed by atoms with Crippen molar-refractivity contribution >= 4 is 18.0 Å². The van der Waals surface area contributed by atoms with Crippen LogP contribution in [0.4, 0.5) is 0 Å². The van der Waals surface area contributed by atoms with Crippen LogP contribution in [0.3, 0.4) is 0 Å². The van der Waals surface area contributed by atoms with Crippen LogP contribution in [0.1, 0.15) is 81.5 Å². The number of benzene rings is 1. The van der Waals surface area contributed by atoms with Crippen molar-refractivity contribution in [1.82, 2.24) is 4.98 Å². The molecule has 8 atom stereocenters. The van der Waals surface area contributed by atoms with E-state index in [0.717, 1.165) is 18.4 Å². The van der Waals surface area contributed by atoms with E-state index >= 15 is 0 Å². The molecule has 242 valence electrons. The summed E-state index contributed by atoms with van der Waals surface area (Å²) in [5.74, 6) is -1.14. The molecule has 3 aliphatic rings. The first kappa shape index (κ1) is 31.7. The number of carbonyl (C=O) groups excluding carboxylic acids is 2. The number of fused-ring (bicyclic) bond motifs is 4. The number of pyridine rings is 1. The molecule has 1 aromatic carbocycles. The molecule has 46 heavy (non-hydrogen) atoms. The second kappa shape index (κ2) is 11.5. The van der Waals surface area contributed by atoms with Gasteiger partial charge in [-0.05, 0) is 73.3 Å². The molecule has 0 bridgehead atoms. The summed E-state index contributed by atoms with van der Waals surface area (Å²) in [5.41, 5.74) is -1.27. The van der Waals surface area contributed by atoms with Crippen LogP contribution in [-0.2, 0) is 14.3 Å². The number of esters is 2. The fourth-order valence-electron chi connectivity index (χ4n) is 8.69. The second-order valence-electron chi connectivity index (χ2n) is 13.9. The van der Waals surface area contributed by atoms with Crippen LogP contribution in [0, 0.1) is 28.6 Å². The molecule has 9 nitrogen and oxygen atoms in total. The van der Waals surface area contributed by atoms with Gasteiger partial charge in [0.15, 0.2) is 0 Å². The number of ether oxygens (including phenoxy) is 3. The van der Waals surface area contributed by atoms with Gasteiger partial charge in [0.05, 0.1) is 18.3 Å². The maximum absolute atomic E-state index is 13.8. The van der Waals surface area contributed by atoms with E-state index in [1.807, 2.05) is 13.0 Å². The Morgan fingerprint density at radius 3 is 2.65 bits per heavy atom. The lowest BCUT2D eigenvalue weighted by molar-refractivity contribution is -0.257. The second-order valence-corrected chi connectivity index (χ2v) is 13.9. The maximum Gasteiger partial charge on any atom is 0.345 e. The van der Waals surface area contributed by atoms with E-state index in [0.29, 0.717) is 17.5 Å². The quantitative estimate of drug-likeness (QED) is 0.309. The highest BCUT2D eigenvalue weighted by Gasteiger charge is 2.70. The number of aliphatic hydroxyl groups is 1. The number of hydrogen-bond acceptors (Lipinski definition) is 9. The van der Waals surface area contributed by atoms with Crippen LogP contribution >= 0.6 is 0 Å². The number of aromatic nitrogens is 1. The van der Waals surface area contributed by atoms with Crippen LogP contribution in [0.2, 0.25) is 0 Å². The molecule has 1 N–H and O–H groups in total. The fraction of sp³-hybridized carbons (Fsp3) is 0.459. The van der Waals surface area contributed by atoms with Gasteiger partial charge in [0.2, 0.25) is 0 Å². The standard InChI is InChI=1S/C37H41NO8/c1-7-23-10-8-11-24(16-23)33(41)45-29-18-28-35(4,14-13-21(2)36(28,5)20-43-22(3)39)32-31(40)30-27(46-37(29,32)6)17-26(44-34(30)42)25-12-9-15-38-19-25/h7-12,15-17,19,21,28-29,31-32,40H,1,13-14,18,20H2,2-6H3/t21-,28?,29-,31-,32?,35-,36+,37+/m0/s1. The SMILES string of the molecule is C=Cc1cccc(C(=O)O[C@H]2CC3[C@](C)(CC[C@H](C)[C@@]3(C)COC(C)=O)C3[C@@H](O)c4c(cc(-c5cccnc5)oc4=O)O[C@@]32C)c1. The van der Waals surface area contributed by atoms with Gasteiger partial charge in [0.1, 0.15) is 28.8 Å². The molecule has 0 amide bonds. The van der Waals surface area contributed by atoms with E-state index in [1.54, 1.807) is 54.9 Å². The van der Waals surface area contributed by atoms with Crippen molar-refractivity contribution in [3.8, 4) is 17.1 Å². The molecule has 2 saturated carbocycles. The number of nitrogens with zero attached hydrogens (tertiary/aromatic N) is 1. The molecule has 2 fully saturated rings. The monoisotopic (exact) mass is 627 g/mol. The van der Waals surface area contributed by atoms with Crippen LogP contribution < -0.4 is 10.4 Å². The average molecular weight is 628 g/mol. The van der Waals surface area contributed by atoms with Crippen molar-refractivity contribution in [2.45, 2.75) is 71.7 Å². The molecular weight excluding hydrogens is 586 g/mol. The van der Waals surface area contributed by atoms with Gasteiger partial charge in [-0.2, -0.15) is 0 Å². The van der Waals surface area contributed by atoms with E-state index in [4.69, 9.17) is 18.6 Å². The fourth-order valence-corrected chi connectivity index (χ4v) is 8.69. The summed E-state index contributed by atoms with van der Waals surface area (Å²) >= 11 is 0. The molecule has 2 aliphatic carbocycles. The minimum absolute atomic E-state index is 0.0426. The van der Waals surface area contributed by atoms with Crippen molar-refractivity contribution in [2.75, 3.05) is 6.61 Å². The molecular formula is C37H41NO8. The Morgan fingerprint density at radius 2 is 1.96 bits per heavy atom. The van der Waals surface area contributed by atoms with E-state index in [1.165, 1.54) is 6.92 Å². The van der Waals surface area contributed by atoms with Crippen molar-refractivity contribution in [3.05, 3.63) is 88.5 Å². The van der Waals surface area contributed by atoms with Gasteiger partial charge < -0.3 is 23.7 Å². The highest BCUT2D eigenvalue weighted by atomic mass is 16.6. The minimum Gasteiger partial charge on any atom is -0.482 e. The lowest BCUT2D eigenvalue weighted by Crippen LogP contribution is -2.70. The summed E-state index contributed by atoms with van der Waals surface area (Å²) in [6.07, 6.45) is 4.69. The summed E-state index contributed by atoms with van der Waals surface area (Å²) < 4.78 is 24.6. The van der Waals surface area contributed by atoms with Crippen LogP contribution in [0.5, 0.6) is 5.75 Å². The minimum atomic E-state index is -1.28. The number of carbonyl (C=O) groups is 2. The first-order valence-electron chi connectivity index (χ1n) is 15.8. The summed E-state index contributed by atoms with van der Waals surface area (Å²) in [6, 6.07) is 12.1. The summed E-state index contributed by atoms with van der Waals surface area (Å²) in [6.45, 7) is 13.6. The lowest BCUT2D eigenvalue weighted by atomic mass is 9.41. The molecule has 2 aromatic heterocycles. The van der Waals surface area contributed by atoms with Gasteiger partial charge in [-0.1, -0.05) is 45.6 Å². The Hall–Kier alpha value is -4.24. The molecule has 9 heteroatoms. The molecule has 3 heterocycles. The topological polar surface area (TPSA) is 125 Å². The molecule has 1 aliphatic heterocycles. The zero-order valence-corrected chi connectivity index (χ0v) is 26.9. The van der Waals surface area contributed by atoms with Gasteiger partial charge in [-0.15, -0.1) is 0 Å². The lowest BCUT2D eigenvalue weighted by Gasteiger charge is -2.66. The summed E-state index contributed by atoms with van der Waals surface area (Å²) in [7, 11) is 0. The normalized spacial score (nSPS) is 33.0. The average Bonchev–Trinajstić information content (AvgIpc) is 3.03. The third-order valence-electron chi connectivity index (χ3n) is 11.3. The molecule has 0 saturated heterocycles. The largest absolute Gasteiger partial charge is 0.482 e. The molecule has 3 aromatic rings. The Balaban J connectivity index is 1.49. The maximum atomic E-state index is 13.8. The Kier molecular flexibility index (Phi) is 7.95. The van der Waals surface area contributed by atoms with Crippen LogP contribution in [0.25, 0.3) is 17.4 Å². The Bertz CT molecular complexity index is 1730. The molecule has 0 spiro atoms. The van der Waals surface area contributed by atoms with Crippen molar-refractivity contribution in [3.63, 3.8) is 0 Å². The third-order valence-corrected chi connectivity index (χ3v) is 11.3. The van der Waals surface area contributed by atoms with Crippen LogP contribution in [0.15, 0.2) is 70.6 Å². The van der Waals surface area contributed by atoms with Gasteiger partial charge >= 0.3 is 17.6 Å².